The van der Waals surface area contributed by atoms with E-state index in [2.05, 4.69) is 23.1 Å². The number of aryl methyl sites for hydroxylation is 3. The molecule has 1 amide bonds. The summed E-state index contributed by atoms with van der Waals surface area (Å²) in [6.07, 6.45) is 2.48. The first-order valence-corrected chi connectivity index (χ1v) is 11.5. The Balaban J connectivity index is 1.71. The number of amides is 1. The third-order valence-corrected chi connectivity index (χ3v) is 6.05. The van der Waals surface area contributed by atoms with E-state index in [1.165, 1.54) is 0 Å². The summed E-state index contributed by atoms with van der Waals surface area (Å²) in [6.45, 7) is 8.58. The van der Waals surface area contributed by atoms with Gasteiger partial charge in [-0.05, 0) is 87.4 Å². The Hall–Kier alpha value is -3.44. The second-order valence-corrected chi connectivity index (χ2v) is 8.37. The van der Waals surface area contributed by atoms with Crippen LogP contribution in [0.5, 0.6) is 0 Å². The molecule has 168 valence electrons. The van der Waals surface area contributed by atoms with Crippen LogP contribution in [-0.4, -0.2) is 27.2 Å². The number of nitrogens with zero attached hydrogens (tertiary/aromatic N) is 4. The first kappa shape index (κ1) is 22.7. The monoisotopic (exact) mass is 458 g/mol. The van der Waals surface area contributed by atoms with Gasteiger partial charge in [-0.2, -0.15) is 5.10 Å². The highest BCUT2D eigenvalue weighted by atomic mass is 35.5. The smallest absolute Gasteiger partial charge is 0.258 e. The van der Waals surface area contributed by atoms with Crippen molar-refractivity contribution in [3.05, 3.63) is 94.4 Å². The number of hydrogen-bond acceptors (Lipinski definition) is 3. The van der Waals surface area contributed by atoms with Gasteiger partial charge in [0.25, 0.3) is 5.91 Å². The van der Waals surface area contributed by atoms with Crippen molar-refractivity contribution in [2.45, 2.75) is 34.1 Å². The Kier molecular flexibility index (Phi) is 6.61. The maximum atomic E-state index is 13.7. The quantitative estimate of drug-likeness (QED) is 0.334. The van der Waals surface area contributed by atoms with Crippen LogP contribution in [0.15, 0.2) is 66.9 Å². The Morgan fingerprint density at radius 2 is 1.85 bits per heavy atom. The number of pyridine rings is 1. The molecular formula is C27H27ClN4O. The molecule has 2 aromatic heterocycles. The average Bonchev–Trinajstić information content (AvgIpc) is 3.18. The lowest BCUT2D eigenvalue weighted by Crippen LogP contribution is -2.31. The summed E-state index contributed by atoms with van der Waals surface area (Å²) in [5.41, 5.74) is 7.04. The van der Waals surface area contributed by atoms with Crippen LogP contribution in [0.2, 0.25) is 5.02 Å². The molecule has 0 saturated carbocycles. The zero-order valence-corrected chi connectivity index (χ0v) is 20.1. The molecule has 0 aliphatic carbocycles. The molecule has 5 nitrogen and oxygen atoms in total. The lowest BCUT2D eigenvalue weighted by atomic mass is 10.0. The molecule has 6 heteroatoms. The lowest BCUT2D eigenvalue weighted by Gasteiger charge is -2.23. The van der Waals surface area contributed by atoms with Gasteiger partial charge in [0, 0.05) is 35.2 Å². The first-order valence-electron chi connectivity index (χ1n) is 11.1. The molecule has 4 rings (SSSR count). The largest absolute Gasteiger partial charge is 0.309 e. The highest BCUT2D eigenvalue weighted by Crippen LogP contribution is 2.32. The summed E-state index contributed by atoms with van der Waals surface area (Å²) in [7, 11) is 0. The number of halogens is 1. The summed E-state index contributed by atoms with van der Waals surface area (Å²) in [4.78, 5) is 19.9. The van der Waals surface area contributed by atoms with Crippen LogP contribution in [0, 0.1) is 13.8 Å². The third-order valence-electron chi connectivity index (χ3n) is 5.72. The van der Waals surface area contributed by atoms with Crippen molar-refractivity contribution in [3.63, 3.8) is 0 Å². The van der Waals surface area contributed by atoms with Crippen molar-refractivity contribution < 1.29 is 4.79 Å². The standard InChI is InChI=1S/C27H27ClN4O/c1-5-20-16-22(32-19(4)15-18(3)30-32)10-12-23(20)27(33)31(6-2)21-11-13-25(28)24(17-21)26-9-7-8-14-29-26/h7-17H,5-6H2,1-4H3. The van der Waals surface area contributed by atoms with Gasteiger partial charge in [-0.1, -0.05) is 24.6 Å². The van der Waals surface area contributed by atoms with Crippen molar-refractivity contribution in [2.75, 3.05) is 11.4 Å². The van der Waals surface area contributed by atoms with Crippen molar-refractivity contribution in [3.8, 4) is 16.9 Å². The highest BCUT2D eigenvalue weighted by molar-refractivity contribution is 6.33. The number of benzene rings is 2. The Labute approximate surface area is 199 Å². The minimum Gasteiger partial charge on any atom is -0.309 e. The van der Waals surface area contributed by atoms with Crippen molar-refractivity contribution in [1.82, 2.24) is 14.8 Å². The molecule has 0 unspecified atom stereocenters. The molecule has 2 heterocycles. The average molecular weight is 459 g/mol. The predicted octanol–water partition coefficient (Wildman–Crippen LogP) is 6.43. The minimum atomic E-state index is -0.0384. The number of aromatic nitrogens is 3. The molecule has 0 fully saturated rings. The van der Waals surface area contributed by atoms with Crippen molar-refractivity contribution >= 4 is 23.2 Å². The van der Waals surface area contributed by atoms with Gasteiger partial charge in [0.05, 0.1) is 22.1 Å². The van der Waals surface area contributed by atoms with Crippen LogP contribution in [-0.2, 0) is 6.42 Å². The number of rotatable bonds is 6. The van der Waals surface area contributed by atoms with E-state index in [-0.39, 0.29) is 5.91 Å². The molecule has 0 radical (unpaired) electrons. The molecular weight excluding hydrogens is 432 g/mol. The van der Waals surface area contributed by atoms with E-state index in [0.29, 0.717) is 17.1 Å². The van der Waals surface area contributed by atoms with Gasteiger partial charge < -0.3 is 4.90 Å². The van der Waals surface area contributed by atoms with E-state index in [1.807, 2.05) is 80.1 Å². The van der Waals surface area contributed by atoms with Gasteiger partial charge in [0.2, 0.25) is 0 Å². The van der Waals surface area contributed by atoms with Crippen LogP contribution in [0.1, 0.15) is 41.2 Å². The molecule has 0 aliphatic rings. The molecule has 4 aromatic rings. The fourth-order valence-corrected chi connectivity index (χ4v) is 4.31. The molecule has 0 atom stereocenters. The zero-order valence-electron chi connectivity index (χ0n) is 19.3. The number of carbonyl (C=O) groups excluding carboxylic acids is 1. The molecule has 0 bridgehead atoms. The molecule has 33 heavy (non-hydrogen) atoms. The van der Waals surface area contributed by atoms with E-state index in [0.717, 1.165) is 46.0 Å². The van der Waals surface area contributed by atoms with Crippen LogP contribution >= 0.6 is 11.6 Å². The van der Waals surface area contributed by atoms with E-state index < -0.39 is 0 Å². The molecule has 0 spiro atoms. The first-order chi connectivity index (χ1) is 15.9. The fourth-order valence-electron chi connectivity index (χ4n) is 4.09. The third kappa shape index (κ3) is 4.55. The Morgan fingerprint density at radius 1 is 1.03 bits per heavy atom. The Morgan fingerprint density at radius 3 is 2.48 bits per heavy atom. The normalized spacial score (nSPS) is 10.9. The molecule has 0 N–H and O–H groups in total. The predicted molar refractivity (Wildman–Crippen MR) is 134 cm³/mol. The van der Waals surface area contributed by atoms with E-state index in [4.69, 9.17) is 11.6 Å². The molecule has 2 aromatic carbocycles. The van der Waals surface area contributed by atoms with Crippen LogP contribution in [0.3, 0.4) is 0 Å². The topological polar surface area (TPSA) is 51.0 Å². The summed E-state index contributed by atoms with van der Waals surface area (Å²) < 4.78 is 1.92. The van der Waals surface area contributed by atoms with E-state index in [9.17, 15) is 4.79 Å². The van der Waals surface area contributed by atoms with E-state index in [1.54, 1.807) is 11.1 Å². The molecule has 0 aliphatic heterocycles. The van der Waals surface area contributed by atoms with Gasteiger partial charge in [0.1, 0.15) is 0 Å². The maximum absolute atomic E-state index is 13.7. The number of carbonyl (C=O) groups is 1. The van der Waals surface area contributed by atoms with Gasteiger partial charge in [-0.25, -0.2) is 4.68 Å². The van der Waals surface area contributed by atoms with Gasteiger partial charge >= 0.3 is 0 Å². The number of hydrogen-bond donors (Lipinski definition) is 0. The van der Waals surface area contributed by atoms with Crippen LogP contribution in [0.25, 0.3) is 16.9 Å². The SMILES string of the molecule is CCc1cc(-n2nc(C)cc2C)ccc1C(=O)N(CC)c1ccc(Cl)c(-c2ccccn2)c1. The highest BCUT2D eigenvalue weighted by Gasteiger charge is 2.21. The summed E-state index contributed by atoms with van der Waals surface area (Å²) in [6, 6.07) is 19.3. The van der Waals surface area contributed by atoms with Gasteiger partial charge in [-0.3, -0.25) is 9.78 Å². The second kappa shape index (κ2) is 9.59. The maximum Gasteiger partial charge on any atom is 0.258 e. The van der Waals surface area contributed by atoms with Crippen molar-refractivity contribution in [2.24, 2.45) is 0 Å². The van der Waals surface area contributed by atoms with Crippen LogP contribution < -0.4 is 4.90 Å². The number of anilines is 1. The lowest BCUT2D eigenvalue weighted by molar-refractivity contribution is 0.0987. The van der Waals surface area contributed by atoms with Crippen LogP contribution in [0.4, 0.5) is 5.69 Å². The fraction of sp³-hybridized carbons (Fsp3) is 0.222. The summed E-state index contributed by atoms with van der Waals surface area (Å²) >= 11 is 6.46. The van der Waals surface area contributed by atoms with Gasteiger partial charge in [-0.15, -0.1) is 0 Å². The minimum absolute atomic E-state index is 0.0384. The second-order valence-electron chi connectivity index (χ2n) is 7.96. The summed E-state index contributed by atoms with van der Waals surface area (Å²) in [5, 5.41) is 5.18. The van der Waals surface area contributed by atoms with Gasteiger partial charge in [0.15, 0.2) is 0 Å². The molecule has 0 saturated heterocycles. The van der Waals surface area contributed by atoms with E-state index >= 15 is 0 Å². The van der Waals surface area contributed by atoms with Crippen molar-refractivity contribution in [1.29, 1.82) is 0 Å². The Bertz CT molecular complexity index is 1300. The summed E-state index contributed by atoms with van der Waals surface area (Å²) in [5.74, 6) is -0.0384. The zero-order chi connectivity index (χ0) is 23.5.